The fourth-order valence-electron chi connectivity index (χ4n) is 1.71. The Morgan fingerprint density at radius 1 is 1.33 bits per heavy atom. The molecule has 0 spiro atoms. The van der Waals surface area contributed by atoms with Gasteiger partial charge in [-0.2, -0.15) is 0 Å². The molecule has 0 aliphatic rings. The quantitative estimate of drug-likeness (QED) is 0.409. The zero-order valence-electron chi connectivity index (χ0n) is 12.6. The number of hydrogen-bond donors (Lipinski definition) is 3. The summed E-state index contributed by atoms with van der Waals surface area (Å²) in [7, 11) is 0. The molecule has 118 valence electrons. The van der Waals surface area contributed by atoms with Crippen LogP contribution >= 0.6 is 11.9 Å². The highest BCUT2D eigenvalue weighted by atomic mass is 32.2. The monoisotopic (exact) mass is 310 g/mol. The second-order valence-corrected chi connectivity index (χ2v) is 5.43. The van der Waals surface area contributed by atoms with Crippen LogP contribution in [0.25, 0.3) is 0 Å². The van der Waals surface area contributed by atoms with Crippen LogP contribution in [0.15, 0.2) is 41.8 Å². The molecule has 1 rings (SSSR count). The first-order valence-electron chi connectivity index (χ1n) is 7.32. The lowest BCUT2D eigenvalue weighted by Crippen LogP contribution is -2.39. The maximum absolute atomic E-state index is 8.78. The van der Waals surface area contributed by atoms with Crippen LogP contribution in [-0.2, 0) is 11.3 Å². The van der Waals surface area contributed by atoms with Gasteiger partial charge < -0.3 is 15.2 Å². The van der Waals surface area contributed by atoms with Gasteiger partial charge in [-0.05, 0) is 30.9 Å². The zero-order chi connectivity index (χ0) is 15.2. The standard InChI is InChI=1S/C16H26N2O2S/c1-2-11-21-18-16(12-17-9-6-10-19)14-20-13-15-7-4-3-5-8-15/h2-5,7-8,11,16-19H,6,9-10,12-14H2,1H3/b11-2-. The predicted molar refractivity (Wildman–Crippen MR) is 90.0 cm³/mol. The molecule has 1 aromatic carbocycles. The molecule has 0 bridgehead atoms. The number of aliphatic hydroxyl groups is 1. The Labute approximate surface area is 132 Å². The van der Waals surface area contributed by atoms with Gasteiger partial charge in [0, 0.05) is 13.2 Å². The van der Waals surface area contributed by atoms with Crippen molar-refractivity contribution in [2.24, 2.45) is 0 Å². The Kier molecular flexibility index (Phi) is 11.1. The van der Waals surface area contributed by atoms with Gasteiger partial charge in [-0.25, -0.2) is 0 Å². The van der Waals surface area contributed by atoms with E-state index in [1.165, 1.54) is 5.56 Å². The first-order chi connectivity index (χ1) is 10.4. The van der Waals surface area contributed by atoms with Crippen molar-refractivity contribution in [3.05, 3.63) is 47.4 Å². The van der Waals surface area contributed by atoms with E-state index in [9.17, 15) is 0 Å². The Hall–Kier alpha value is -0.850. The van der Waals surface area contributed by atoms with Gasteiger partial charge in [0.15, 0.2) is 0 Å². The third-order valence-corrected chi connectivity index (χ3v) is 3.65. The molecule has 4 nitrogen and oxygen atoms in total. The molecule has 0 amide bonds. The van der Waals surface area contributed by atoms with E-state index in [1.54, 1.807) is 11.9 Å². The third kappa shape index (κ3) is 9.66. The maximum atomic E-state index is 8.78. The largest absolute Gasteiger partial charge is 0.396 e. The number of aliphatic hydroxyl groups excluding tert-OH is 1. The molecular weight excluding hydrogens is 284 g/mol. The van der Waals surface area contributed by atoms with Crippen LogP contribution in [0.2, 0.25) is 0 Å². The van der Waals surface area contributed by atoms with Crippen molar-refractivity contribution >= 4 is 11.9 Å². The normalized spacial score (nSPS) is 12.9. The molecule has 0 aliphatic heterocycles. The number of ether oxygens (including phenoxy) is 1. The molecule has 0 saturated carbocycles. The van der Waals surface area contributed by atoms with Crippen LogP contribution in [0.3, 0.4) is 0 Å². The minimum absolute atomic E-state index is 0.225. The number of nitrogens with one attached hydrogen (secondary N) is 2. The van der Waals surface area contributed by atoms with Gasteiger partial charge in [-0.1, -0.05) is 48.4 Å². The van der Waals surface area contributed by atoms with Crippen molar-refractivity contribution in [1.29, 1.82) is 0 Å². The lowest BCUT2D eigenvalue weighted by molar-refractivity contribution is 0.104. The summed E-state index contributed by atoms with van der Waals surface area (Å²) >= 11 is 1.57. The molecule has 1 unspecified atom stereocenters. The summed E-state index contributed by atoms with van der Waals surface area (Å²) in [6.07, 6.45) is 2.78. The molecule has 0 fully saturated rings. The van der Waals surface area contributed by atoms with E-state index in [0.29, 0.717) is 13.2 Å². The molecule has 1 aromatic rings. The van der Waals surface area contributed by atoms with E-state index in [2.05, 4.69) is 22.2 Å². The molecule has 0 heterocycles. The molecular formula is C16H26N2O2S. The second kappa shape index (κ2) is 12.9. The Bertz CT molecular complexity index is 374. The lowest BCUT2D eigenvalue weighted by atomic mass is 10.2. The van der Waals surface area contributed by atoms with Crippen LogP contribution in [0.5, 0.6) is 0 Å². The molecule has 5 heteroatoms. The summed E-state index contributed by atoms with van der Waals surface area (Å²) < 4.78 is 9.14. The first-order valence-corrected chi connectivity index (χ1v) is 8.20. The third-order valence-electron chi connectivity index (χ3n) is 2.77. The summed E-state index contributed by atoms with van der Waals surface area (Å²) in [5, 5.41) is 14.1. The Morgan fingerprint density at radius 2 is 2.14 bits per heavy atom. The minimum atomic E-state index is 0.225. The van der Waals surface area contributed by atoms with Crippen LogP contribution in [-0.4, -0.2) is 37.5 Å². The lowest BCUT2D eigenvalue weighted by Gasteiger charge is -2.18. The van der Waals surface area contributed by atoms with Gasteiger partial charge in [0.25, 0.3) is 0 Å². The van der Waals surface area contributed by atoms with Crippen molar-refractivity contribution in [2.45, 2.75) is 26.0 Å². The van der Waals surface area contributed by atoms with Crippen molar-refractivity contribution in [3.8, 4) is 0 Å². The fourth-order valence-corrected chi connectivity index (χ4v) is 2.27. The van der Waals surface area contributed by atoms with Gasteiger partial charge in [-0.3, -0.25) is 4.72 Å². The molecule has 0 aliphatic carbocycles. The smallest absolute Gasteiger partial charge is 0.0717 e. The molecule has 0 saturated heterocycles. The molecule has 0 aromatic heterocycles. The van der Waals surface area contributed by atoms with E-state index in [1.807, 2.05) is 36.6 Å². The van der Waals surface area contributed by atoms with Gasteiger partial charge in [0.1, 0.15) is 0 Å². The van der Waals surface area contributed by atoms with Crippen molar-refractivity contribution in [3.63, 3.8) is 0 Å². The van der Waals surface area contributed by atoms with Gasteiger partial charge in [0.2, 0.25) is 0 Å². The summed E-state index contributed by atoms with van der Waals surface area (Å²) in [4.78, 5) is 0. The topological polar surface area (TPSA) is 53.5 Å². The average Bonchev–Trinajstić information content (AvgIpc) is 2.52. The van der Waals surface area contributed by atoms with Crippen molar-refractivity contribution in [2.75, 3.05) is 26.3 Å². The summed E-state index contributed by atoms with van der Waals surface area (Å²) in [6.45, 7) is 5.13. The van der Waals surface area contributed by atoms with Crippen molar-refractivity contribution < 1.29 is 9.84 Å². The van der Waals surface area contributed by atoms with Crippen LogP contribution in [0, 0.1) is 0 Å². The number of benzene rings is 1. The summed E-state index contributed by atoms with van der Waals surface area (Å²) in [5.74, 6) is 0. The van der Waals surface area contributed by atoms with Crippen LogP contribution < -0.4 is 10.0 Å². The number of rotatable bonds is 12. The Morgan fingerprint density at radius 3 is 2.86 bits per heavy atom. The molecule has 3 N–H and O–H groups in total. The van der Waals surface area contributed by atoms with E-state index < -0.39 is 0 Å². The highest BCUT2D eigenvalue weighted by Gasteiger charge is 2.07. The van der Waals surface area contributed by atoms with E-state index >= 15 is 0 Å². The zero-order valence-corrected chi connectivity index (χ0v) is 13.4. The highest BCUT2D eigenvalue weighted by molar-refractivity contribution is 8.00. The van der Waals surface area contributed by atoms with Crippen LogP contribution in [0.1, 0.15) is 18.9 Å². The highest BCUT2D eigenvalue weighted by Crippen LogP contribution is 2.03. The average molecular weight is 310 g/mol. The molecule has 1 atom stereocenters. The van der Waals surface area contributed by atoms with E-state index in [-0.39, 0.29) is 12.6 Å². The number of allylic oxidation sites excluding steroid dienone is 1. The summed E-state index contributed by atoms with van der Waals surface area (Å²) in [6, 6.07) is 10.4. The van der Waals surface area contributed by atoms with E-state index in [4.69, 9.17) is 9.84 Å². The molecule has 21 heavy (non-hydrogen) atoms. The molecule has 0 radical (unpaired) electrons. The fraction of sp³-hybridized carbons (Fsp3) is 0.500. The predicted octanol–water partition coefficient (Wildman–Crippen LogP) is 2.32. The van der Waals surface area contributed by atoms with Gasteiger partial charge >= 0.3 is 0 Å². The van der Waals surface area contributed by atoms with Gasteiger partial charge in [0.05, 0.1) is 19.3 Å². The number of hydrogen-bond acceptors (Lipinski definition) is 5. The minimum Gasteiger partial charge on any atom is -0.396 e. The van der Waals surface area contributed by atoms with E-state index in [0.717, 1.165) is 19.5 Å². The summed E-state index contributed by atoms with van der Waals surface area (Å²) in [5.41, 5.74) is 1.19. The SMILES string of the molecule is C/C=C\SNC(CNCCCO)COCc1ccccc1. The maximum Gasteiger partial charge on any atom is 0.0717 e. The second-order valence-electron chi connectivity index (χ2n) is 4.68. The Balaban J connectivity index is 2.26. The van der Waals surface area contributed by atoms with Crippen LogP contribution in [0.4, 0.5) is 0 Å². The van der Waals surface area contributed by atoms with Gasteiger partial charge in [-0.15, -0.1) is 0 Å². The van der Waals surface area contributed by atoms with Crippen molar-refractivity contribution in [1.82, 2.24) is 10.0 Å². The first kappa shape index (κ1) is 18.2.